The Hall–Kier alpha value is -6.40. The third kappa shape index (κ3) is 22.3. The van der Waals surface area contributed by atoms with E-state index < -0.39 is 157 Å². The summed E-state index contributed by atoms with van der Waals surface area (Å²) in [6.07, 6.45) is -19.2. The number of hydrogen-bond acceptors (Lipinski definition) is 13. The van der Waals surface area contributed by atoms with Gasteiger partial charge in [-0.05, 0) is 122 Å². The first-order valence-corrected chi connectivity index (χ1v) is 25.8. The number of alkyl halides is 8. The Morgan fingerprint density at radius 2 is 0.887 bits per heavy atom. The maximum Gasteiger partial charge on any atom is 0.416 e. The number of hydrogen-bond donors (Lipinski definition) is 2. The zero-order valence-electron chi connectivity index (χ0n) is 47.6. The van der Waals surface area contributed by atoms with Crippen LogP contribution in [0.4, 0.5) is 35.1 Å². The van der Waals surface area contributed by atoms with E-state index in [2.05, 4.69) is 5.32 Å². The third-order valence-corrected chi connectivity index (χ3v) is 12.7. The topological polar surface area (TPSA) is 215 Å². The normalized spacial score (nSPS) is 15.3. The molecule has 0 spiro atoms. The van der Waals surface area contributed by atoms with E-state index in [0.717, 1.165) is 107 Å². The summed E-state index contributed by atoms with van der Waals surface area (Å²) in [6.45, 7) is 13.4. The van der Waals surface area contributed by atoms with Crippen LogP contribution in [0.5, 0.6) is 0 Å². The van der Waals surface area contributed by atoms with Crippen molar-refractivity contribution in [1.82, 2.24) is 20.0 Å². The van der Waals surface area contributed by atoms with E-state index >= 15 is 4.39 Å². The molecule has 0 aliphatic rings. The molecule has 450 valence electrons. The van der Waals surface area contributed by atoms with Gasteiger partial charge >= 0.3 is 42.2 Å². The number of esters is 4. The molecule has 0 fully saturated rings. The fraction of sp³-hybridized carbons (Fsp3) is 0.636. The largest absolute Gasteiger partial charge is 0.479 e. The molecule has 25 heteroatoms. The summed E-state index contributed by atoms with van der Waals surface area (Å²) in [6, 6.07) is 1.22. The van der Waals surface area contributed by atoms with Gasteiger partial charge in [0.05, 0.1) is 11.1 Å². The number of carboxylic acid groups (broad SMARTS) is 1. The number of halogens is 8. The minimum absolute atomic E-state index is 0.0877. The highest BCUT2D eigenvalue weighted by atomic mass is 19.4. The summed E-state index contributed by atoms with van der Waals surface area (Å²) in [7, 11) is 4.67. The number of aliphatic carboxylic acids is 1. The Morgan fingerprint density at radius 3 is 1.27 bits per heavy atom. The van der Waals surface area contributed by atoms with Gasteiger partial charge in [-0.25, -0.2) is 28.0 Å². The molecular formula is C55H76F8N4O13. The number of carbonyl (C=O) groups excluding carboxylic acids is 7. The molecular weight excluding hydrogens is 1080 g/mol. The quantitative estimate of drug-likeness (QED) is 0.0447. The Bertz CT molecular complexity index is 2420. The summed E-state index contributed by atoms with van der Waals surface area (Å²) < 4.78 is 133. The lowest BCUT2D eigenvalue weighted by atomic mass is 9.98. The second-order valence-electron chi connectivity index (χ2n) is 21.8. The van der Waals surface area contributed by atoms with E-state index in [9.17, 15) is 74.2 Å². The van der Waals surface area contributed by atoms with E-state index in [1.54, 1.807) is 27.7 Å². The fourth-order valence-corrected chi connectivity index (χ4v) is 8.21. The van der Waals surface area contributed by atoms with Gasteiger partial charge in [0.15, 0.2) is 24.4 Å². The summed E-state index contributed by atoms with van der Waals surface area (Å²) in [5.74, 6) is -10.3. The van der Waals surface area contributed by atoms with E-state index in [1.807, 2.05) is 0 Å². The molecule has 2 aromatic carbocycles. The number of carboxylic acids is 1. The average molecular weight is 1150 g/mol. The van der Waals surface area contributed by atoms with E-state index in [-0.39, 0.29) is 42.2 Å². The van der Waals surface area contributed by atoms with E-state index in [0.29, 0.717) is 4.90 Å². The number of nitrogens with zero attached hydrogens (tertiary/aromatic N) is 3. The lowest BCUT2D eigenvalue weighted by Gasteiger charge is -2.35. The second-order valence-corrected chi connectivity index (χ2v) is 21.8. The van der Waals surface area contributed by atoms with Crippen LogP contribution in [-0.2, 0) is 82.5 Å². The van der Waals surface area contributed by atoms with Gasteiger partial charge in [0.2, 0.25) is 0 Å². The van der Waals surface area contributed by atoms with Crippen molar-refractivity contribution in [2.75, 3.05) is 28.2 Å². The van der Waals surface area contributed by atoms with E-state index in [4.69, 9.17) is 18.9 Å². The number of benzene rings is 2. The molecule has 2 rings (SSSR count). The van der Waals surface area contributed by atoms with Crippen LogP contribution in [0.3, 0.4) is 0 Å². The number of likely N-dealkylation sites (N-methyl/N-ethyl adjacent to an activating group) is 4. The van der Waals surface area contributed by atoms with Crippen LogP contribution in [0, 0.1) is 11.8 Å². The molecule has 17 nitrogen and oxygen atoms in total. The second kappa shape index (κ2) is 29.4. The molecule has 0 unspecified atom stereocenters. The Kier molecular flexibility index (Phi) is 25.6. The number of amides is 3. The van der Waals surface area contributed by atoms with Crippen molar-refractivity contribution in [3.63, 3.8) is 0 Å². The number of carbonyl (C=O) groups is 8. The molecule has 0 heterocycles. The van der Waals surface area contributed by atoms with Crippen molar-refractivity contribution >= 4 is 47.6 Å². The minimum atomic E-state index is -4.71. The zero-order valence-corrected chi connectivity index (χ0v) is 47.6. The number of rotatable bonds is 29. The average Bonchev–Trinajstić information content (AvgIpc) is 3.34. The van der Waals surface area contributed by atoms with Crippen LogP contribution in [0.15, 0.2) is 48.5 Å². The van der Waals surface area contributed by atoms with Crippen LogP contribution in [-0.4, -0.2) is 155 Å². The summed E-state index contributed by atoms with van der Waals surface area (Å²) in [5.41, 5.74) is -5.82. The molecule has 2 N–H and O–H groups in total. The predicted molar refractivity (Wildman–Crippen MR) is 274 cm³/mol. The number of nitrogens with one attached hydrogen (secondary N) is 1. The molecule has 0 saturated carbocycles. The molecule has 80 heavy (non-hydrogen) atoms. The molecule has 0 aromatic heterocycles. The van der Waals surface area contributed by atoms with Gasteiger partial charge in [0.1, 0.15) is 35.5 Å². The van der Waals surface area contributed by atoms with Crippen molar-refractivity contribution in [3.8, 4) is 0 Å². The predicted octanol–water partition coefficient (Wildman–Crippen LogP) is 8.11. The first-order valence-electron chi connectivity index (χ1n) is 25.8. The molecule has 0 aliphatic heterocycles. The molecule has 0 aliphatic carbocycles. The lowest BCUT2D eigenvalue weighted by molar-refractivity contribution is -0.175. The third-order valence-electron chi connectivity index (χ3n) is 12.7. The smallest absolute Gasteiger partial charge is 0.416 e. The summed E-state index contributed by atoms with van der Waals surface area (Å²) in [4.78, 5) is 112. The van der Waals surface area contributed by atoms with Crippen molar-refractivity contribution in [2.24, 2.45) is 11.8 Å². The van der Waals surface area contributed by atoms with Gasteiger partial charge in [-0.15, -0.1) is 0 Å². The monoisotopic (exact) mass is 1150 g/mol. The Morgan fingerprint density at radius 1 is 0.512 bits per heavy atom. The Labute approximate surface area is 461 Å². The molecule has 0 radical (unpaired) electrons. The minimum Gasteiger partial charge on any atom is -0.479 e. The van der Waals surface area contributed by atoms with Crippen LogP contribution < -0.4 is 5.32 Å². The summed E-state index contributed by atoms with van der Waals surface area (Å²) >= 11 is 0. The highest BCUT2D eigenvalue weighted by Gasteiger charge is 2.43. The first-order chi connectivity index (χ1) is 36.6. The first kappa shape index (κ1) is 69.7. The summed E-state index contributed by atoms with van der Waals surface area (Å²) in [5, 5.41) is 12.0. The molecule has 2 aromatic rings. The van der Waals surface area contributed by atoms with Gasteiger partial charge < -0.3 is 44.1 Å². The van der Waals surface area contributed by atoms with Gasteiger partial charge in [0, 0.05) is 40.4 Å². The van der Waals surface area contributed by atoms with Gasteiger partial charge in [-0.2, -0.15) is 26.3 Å². The zero-order chi connectivity index (χ0) is 61.6. The van der Waals surface area contributed by atoms with Gasteiger partial charge in [-0.3, -0.25) is 19.2 Å². The maximum absolute atomic E-state index is 15.7. The van der Waals surface area contributed by atoms with Crippen molar-refractivity contribution < 1.29 is 97.5 Å². The highest BCUT2D eigenvalue weighted by molar-refractivity contribution is 5.93. The molecule has 0 bridgehead atoms. The standard InChI is InChI=1S/C55H76F8N4O13/c1-30(2)25-39(66(13)46(70)43(80-48(73)38(64-11)28-52(7,8)56)27-35-17-22-37(23-18-35)55(61,62)63)49(74)77-32(5)44(68)67(14)41(29-53(9,10)57)51(76)79-42(24-19-34-15-20-36(21-16-34)54(58,59)60)45(69)65(12)40(26-31(3)4)50(75)78-33(6)47(71)72/h15-18,20-23,30-33,38-43,64H,19,24-29H2,1-14H3,(H,71,72)/t32-,33-,38+,39+,40+,41+,42-,43-/m1/s1. The van der Waals surface area contributed by atoms with Crippen molar-refractivity contribution in [3.05, 3.63) is 70.8 Å². The van der Waals surface area contributed by atoms with Crippen LogP contribution >= 0.6 is 0 Å². The van der Waals surface area contributed by atoms with Gasteiger partial charge in [-0.1, -0.05) is 52.0 Å². The molecule has 3 amide bonds. The van der Waals surface area contributed by atoms with Crippen molar-refractivity contribution in [2.45, 2.75) is 186 Å². The number of aryl methyl sites for hydroxylation is 1. The highest BCUT2D eigenvalue weighted by Crippen LogP contribution is 2.32. The number of ether oxygens (including phenoxy) is 4. The Balaban J connectivity index is 2.59. The van der Waals surface area contributed by atoms with Crippen LogP contribution in [0.1, 0.15) is 124 Å². The van der Waals surface area contributed by atoms with Gasteiger partial charge in [0.25, 0.3) is 17.7 Å². The lowest BCUT2D eigenvalue weighted by Crippen LogP contribution is -2.54. The molecule has 0 saturated heterocycles. The van der Waals surface area contributed by atoms with Crippen LogP contribution in [0.25, 0.3) is 0 Å². The maximum atomic E-state index is 15.7. The van der Waals surface area contributed by atoms with Crippen LogP contribution in [0.2, 0.25) is 0 Å². The van der Waals surface area contributed by atoms with E-state index in [1.165, 1.54) is 20.9 Å². The SMILES string of the molecule is CN[C@@H](CC(C)(C)F)C(=O)O[C@H](Cc1ccc(C(F)(F)F)cc1)C(=O)N(C)[C@@H](CC(C)C)C(=O)O[C@H](C)C(=O)N(C)[C@@H](CC(C)(C)F)C(=O)O[C@H](CCc1ccc(C(F)(F)F)cc1)C(=O)N(C)[C@@H](CC(C)C)C(=O)O[C@H](C)C(=O)O. The fourth-order valence-electron chi connectivity index (χ4n) is 8.21. The molecule has 8 atom stereocenters. The van der Waals surface area contributed by atoms with Crippen molar-refractivity contribution in [1.29, 1.82) is 0 Å².